The molecule has 2 fully saturated rings. The first-order valence-corrected chi connectivity index (χ1v) is 11.9. The maximum atomic E-state index is 13.0. The molecule has 0 bridgehead atoms. The number of fused-ring (bicyclic) bond motifs is 1. The lowest BCUT2D eigenvalue weighted by Gasteiger charge is -2.53. The van der Waals surface area contributed by atoms with E-state index in [2.05, 4.69) is 39.2 Å². The van der Waals surface area contributed by atoms with Crippen LogP contribution in [0.3, 0.4) is 0 Å². The summed E-state index contributed by atoms with van der Waals surface area (Å²) in [5.41, 5.74) is 0.606. The van der Waals surface area contributed by atoms with Crippen molar-refractivity contribution in [3.63, 3.8) is 0 Å². The number of carbonyl (C=O) groups is 2. The van der Waals surface area contributed by atoms with Gasteiger partial charge in [0.05, 0.1) is 8.07 Å². The Labute approximate surface area is 140 Å². The molecule has 0 aromatic heterocycles. The van der Waals surface area contributed by atoms with Gasteiger partial charge in [-0.3, -0.25) is 14.6 Å². The van der Waals surface area contributed by atoms with Crippen LogP contribution in [0.5, 0.6) is 0 Å². The third-order valence-electron chi connectivity index (χ3n) is 5.07. The summed E-state index contributed by atoms with van der Waals surface area (Å²) in [7, 11) is 1.54. The van der Waals surface area contributed by atoms with Crippen molar-refractivity contribution in [2.24, 2.45) is 11.3 Å². The zero-order valence-electron chi connectivity index (χ0n) is 15.4. The molecule has 1 heterocycles. The summed E-state index contributed by atoms with van der Waals surface area (Å²) in [4.78, 5) is 28.1. The minimum atomic E-state index is -1.59. The number of likely N-dealkylation sites (N-methyl/N-ethyl adjacent to an activating group) is 1. The second-order valence-corrected chi connectivity index (χ2v) is 13.6. The Hall–Kier alpha value is -1.14. The molecule has 1 saturated heterocycles. The molecule has 0 unspecified atom stereocenters. The number of imide groups is 1. The minimum absolute atomic E-state index is 0.240. The van der Waals surface area contributed by atoms with E-state index in [1.165, 1.54) is 16.8 Å². The highest BCUT2D eigenvalue weighted by molar-refractivity contribution is 6.81. The Kier molecular flexibility index (Phi) is 4.31. The van der Waals surface area contributed by atoms with Gasteiger partial charge < -0.3 is 5.11 Å². The molecular weight excluding hydrogens is 308 g/mol. The molecule has 1 aliphatic carbocycles. The molecule has 0 radical (unpaired) electrons. The van der Waals surface area contributed by atoms with E-state index in [9.17, 15) is 14.7 Å². The van der Waals surface area contributed by atoms with Crippen LogP contribution in [-0.2, 0) is 4.79 Å². The number of amides is 3. The topological polar surface area (TPSA) is 60.9 Å². The third-order valence-corrected chi connectivity index (χ3v) is 6.29. The number of hydrogen-bond acceptors (Lipinski definition) is 3. The van der Waals surface area contributed by atoms with Crippen LogP contribution in [0.4, 0.5) is 4.79 Å². The average Bonchev–Trinajstić information content (AvgIpc) is 2.68. The van der Waals surface area contributed by atoms with Gasteiger partial charge in [-0.2, -0.15) is 0 Å². The smallest absolute Gasteiger partial charge is 0.328 e. The molecule has 23 heavy (non-hydrogen) atoms. The summed E-state index contributed by atoms with van der Waals surface area (Å²) in [6, 6.07) is -0.430. The van der Waals surface area contributed by atoms with Crippen LogP contribution in [0.1, 0.15) is 33.1 Å². The Morgan fingerprint density at radius 1 is 1.26 bits per heavy atom. The maximum absolute atomic E-state index is 13.0. The van der Waals surface area contributed by atoms with Gasteiger partial charge in [0.15, 0.2) is 5.72 Å². The van der Waals surface area contributed by atoms with Crippen LogP contribution < -0.4 is 0 Å². The monoisotopic (exact) mass is 338 g/mol. The minimum Gasteiger partial charge on any atom is -0.366 e. The first kappa shape index (κ1) is 18.2. The molecule has 130 valence electrons. The predicted octanol–water partition coefficient (Wildman–Crippen LogP) is 2.83. The Morgan fingerprint density at radius 2 is 1.83 bits per heavy atom. The fourth-order valence-electron chi connectivity index (χ4n) is 4.29. The number of nitrogens with zero attached hydrogens (tertiary/aromatic N) is 2. The molecular formula is C17H30N2O3Si. The second kappa shape index (κ2) is 5.45. The molecule has 3 amide bonds. The quantitative estimate of drug-likeness (QED) is 0.805. The molecule has 0 spiro atoms. The molecule has 6 heteroatoms. The molecule has 1 saturated carbocycles. The van der Waals surface area contributed by atoms with E-state index in [0.717, 1.165) is 5.57 Å². The van der Waals surface area contributed by atoms with Gasteiger partial charge in [0.2, 0.25) is 5.91 Å². The van der Waals surface area contributed by atoms with E-state index in [1.807, 2.05) is 0 Å². The van der Waals surface area contributed by atoms with E-state index in [-0.39, 0.29) is 11.8 Å². The van der Waals surface area contributed by atoms with Gasteiger partial charge in [0.25, 0.3) is 0 Å². The standard InChI is InChI=1S/C17H30N2O3Si/c1-12(2)10-16-9-8-13(11-23(5,6)7)17(16,22)19(4)15(21)18(3)14(16)20/h11-12,22H,8-10H2,1-7H3/b13-11+/t16-,17-/m1/s1. The summed E-state index contributed by atoms with van der Waals surface area (Å²) in [5.74, 6) is 0.0162. The Morgan fingerprint density at radius 3 is 2.30 bits per heavy atom. The number of hydrogen-bond donors (Lipinski definition) is 1. The second-order valence-electron chi connectivity index (χ2n) is 8.59. The summed E-state index contributed by atoms with van der Waals surface area (Å²) in [6.45, 7) is 10.7. The van der Waals surface area contributed by atoms with Crippen LogP contribution in [0.25, 0.3) is 0 Å². The summed E-state index contributed by atoms with van der Waals surface area (Å²) in [6.07, 6.45) is 1.84. The summed E-state index contributed by atoms with van der Waals surface area (Å²) in [5, 5.41) is 11.7. The largest absolute Gasteiger partial charge is 0.366 e. The van der Waals surface area contributed by atoms with Crippen LogP contribution in [0.15, 0.2) is 11.3 Å². The highest BCUT2D eigenvalue weighted by Crippen LogP contribution is 2.57. The van der Waals surface area contributed by atoms with Gasteiger partial charge in [-0.15, -0.1) is 0 Å². The highest BCUT2D eigenvalue weighted by atomic mass is 28.3. The van der Waals surface area contributed by atoms with Crippen LogP contribution in [-0.4, -0.2) is 54.7 Å². The lowest BCUT2D eigenvalue weighted by atomic mass is 9.70. The van der Waals surface area contributed by atoms with Gasteiger partial charge in [0, 0.05) is 14.1 Å². The van der Waals surface area contributed by atoms with Gasteiger partial charge in [-0.05, 0) is 30.8 Å². The van der Waals surface area contributed by atoms with Gasteiger partial charge >= 0.3 is 6.03 Å². The third kappa shape index (κ3) is 2.56. The number of rotatable bonds is 3. The van der Waals surface area contributed by atoms with Crippen molar-refractivity contribution >= 4 is 20.0 Å². The normalized spacial score (nSPS) is 33.9. The zero-order chi connectivity index (χ0) is 17.8. The van der Waals surface area contributed by atoms with Crippen molar-refractivity contribution in [3.05, 3.63) is 11.3 Å². The van der Waals surface area contributed by atoms with E-state index in [0.29, 0.717) is 19.3 Å². The van der Waals surface area contributed by atoms with Crippen molar-refractivity contribution in [3.8, 4) is 0 Å². The highest BCUT2D eigenvalue weighted by Gasteiger charge is 2.68. The van der Waals surface area contributed by atoms with Crippen molar-refractivity contribution in [1.82, 2.24) is 9.80 Å². The molecule has 0 aromatic carbocycles. The number of aliphatic hydroxyl groups is 1. The van der Waals surface area contributed by atoms with Crippen LogP contribution in [0.2, 0.25) is 19.6 Å². The molecule has 2 aliphatic rings. The first-order valence-electron chi connectivity index (χ1n) is 8.37. The molecule has 0 aromatic rings. The fraction of sp³-hybridized carbons (Fsp3) is 0.765. The molecule has 1 N–H and O–H groups in total. The van der Waals surface area contributed by atoms with E-state index in [1.54, 1.807) is 7.05 Å². The lowest BCUT2D eigenvalue weighted by molar-refractivity contribution is -0.183. The first-order chi connectivity index (χ1) is 10.4. The van der Waals surface area contributed by atoms with Crippen molar-refractivity contribution in [2.45, 2.75) is 58.5 Å². The predicted molar refractivity (Wildman–Crippen MR) is 93.4 cm³/mol. The SMILES string of the molecule is CC(C)C[C@@]12CC/C(=C\[Si](C)(C)C)[C@]1(O)N(C)C(=O)N(C)C2=O. The zero-order valence-corrected chi connectivity index (χ0v) is 16.4. The molecule has 1 aliphatic heterocycles. The van der Waals surface area contributed by atoms with E-state index < -0.39 is 25.2 Å². The number of urea groups is 1. The molecule has 2 atom stereocenters. The van der Waals surface area contributed by atoms with E-state index in [4.69, 9.17) is 0 Å². The Balaban J connectivity index is 2.67. The van der Waals surface area contributed by atoms with E-state index >= 15 is 0 Å². The molecule has 2 rings (SSSR count). The van der Waals surface area contributed by atoms with Crippen molar-refractivity contribution < 1.29 is 14.7 Å². The Bertz CT molecular complexity index is 567. The summed E-state index contributed by atoms with van der Waals surface area (Å²) >= 11 is 0. The maximum Gasteiger partial charge on any atom is 0.328 e. The van der Waals surface area contributed by atoms with Gasteiger partial charge in [-0.1, -0.05) is 39.2 Å². The van der Waals surface area contributed by atoms with Crippen molar-refractivity contribution in [2.75, 3.05) is 14.1 Å². The molecule has 5 nitrogen and oxygen atoms in total. The van der Waals surface area contributed by atoms with Crippen LogP contribution in [0, 0.1) is 11.3 Å². The van der Waals surface area contributed by atoms with Gasteiger partial charge in [-0.25, -0.2) is 4.79 Å². The lowest BCUT2D eigenvalue weighted by Crippen LogP contribution is -2.71. The van der Waals surface area contributed by atoms with Crippen molar-refractivity contribution in [1.29, 1.82) is 0 Å². The average molecular weight is 339 g/mol. The fourth-order valence-corrected chi connectivity index (χ4v) is 5.68. The number of carbonyl (C=O) groups excluding carboxylic acids is 2. The van der Waals surface area contributed by atoms with Crippen LogP contribution >= 0.6 is 0 Å². The van der Waals surface area contributed by atoms with Gasteiger partial charge in [0.1, 0.15) is 5.41 Å². The summed E-state index contributed by atoms with van der Waals surface area (Å²) < 4.78 is 0.